The van der Waals surface area contributed by atoms with Crippen molar-refractivity contribution in [2.75, 3.05) is 6.54 Å². The summed E-state index contributed by atoms with van der Waals surface area (Å²) >= 11 is 1.51. The minimum atomic E-state index is -0.498. The molecular weight excluding hydrogens is 372 g/mol. The quantitative estimate of drug-likeness (QED) is 0.636. The van der Waals surface area contributed by atoms with Crippen LogP contribution in [0.5, 0.6) is 0 Å². The number of hydrogen-bond donors (Lipinski definition) is 1. The summed E-state index contributed by atoms with van der Waals surface area (Å²) in [5.74, 6) is -0.794. The Morgan fingerprint density at radius 1 is 1.04 bits per heavy atom. The van der Waals surface area contributed by atoms with Crippen LogP contribution in [0.15, 0.2) is 47.8 Å². The molecule has 0 aliphatic rings. The molecule has 3 rings (SSSR count). The summed E-state index contributed by atoms with van der Waals surface area (Å²) in [5, 5.41) is 5.34. The van der Waals surface area contributed by atoms with E-state index >= 15 is 0 Å². The van der Waals surface area contributed by atoms with Crippen LogP contribution in [-0.4, -0.2) is 23.4 Å². The predicted molar refractivity (Wildman–Crippen MR) is 110 cm³/mol. The molecule has 6 heteroatoms. The second kappa shape index (κ2) is 8.80. The van der Waals surface area contributed by atoms with Crippen LogP contribution in [-0.2, 0) is 16.1 Å². The van der Waals surface area contributed by atoms with E-state index in [9.17, 15) is 9.59 Å². The highest BCUT2D eigenvalue weighted by Crippen LogP contribution is 2.24. The Bertz CT molecular complexity index is 993. The fourth-order valence-corrected chi connectivity index (χ4v) is 3.36. The number of aromatic nitrogens is 1. The van der Waals surface area contributed by atoms with Gasteiger partial charge in [-0.15, -0.1) is 11.3 Å². The van der Waals surface area contributed by atoms with Crippen LogP contribution in [0.2, 0.25) is 0 Å². The number of nitrogens with zero attached hydrogens (tertiary/aromatic N) is 1. The van der Waals surface area contributed by atoms with Crippen molar-refractivity contribution in [2.24, 2.45) is 0 Å². The van der Waals surface area contributed by atoms with E-state index in [-0.39, 0.29) is 19.1 Å². The fourth-order valence-electron chi connectivity index (χ4n) is 2.54. The first-order valence-corrected chi connectivity index (χ1v) is 9.83. The van der Waals surface area contributed by atoms with Crippen molar-refractivity contribution in [1.82, 2.24) is 10.3 Å². The third-order valence-electron chi connectivity index (χ3n) is 4.39. The predicted octanol–water partition coefficient (Wildman–Crippen LogP) is 4.21. The number of rotatable bonds is 6. The first kappa shape index (κ1) is 19.8. The number of carbonyl (C=O) groups excluding carboxylic acids is 2. The lowest BCUT2D eigenvalue weighted by atomic mass is 10.1. The van der Waals surface area contributed by atoms with E-state index in [2.05, 4.69) is 10.3 Å². The van der Waals surface area contributed by atoms with Crippen LogP contribution in [0, 0.1) is 20.8 Å². The molecule has 5 nitrogen and oxygen atoms in total. The lowest BCUT2D eigenvalue weighted by Crippen LogP contribution is -2.30. The van der Waals surface area contributed by atoms with Gasteiger partial charge in [0.1, 0.15) is 18.2 Å². The van der Waals surface area contributed by atoms with Crippen LogP contribution >= 0.6 is 11.3 Å². The van der Waals surface area contributed by atoms with E-state index in [1.807, 2.05) is 56.5 Å². The summed E-state index contributed by atoms with van der Waals surface area (Å²) in [6, 6.07) is 13.5. The summed E-state index contributed by atoms with van der Waals surface area (Å²) in [5.41, 5.74) is 5.59. The molecular formula is C22H22N2O3S. The maximum Gasteiger partial charge on any atom is 0.325 e. The molecule has 0 atom stereocenters. The van der Waals surface area contributed by atoms with Crippen LogP contribution in [0.3, 0.4) is 0 Å². The van der Waals surface area contributed by atoms with Crippen molar-refractivity contribution in [3.63, 3.8) is 0 Å². The Kier molecular flexibility index (Phi) is 6.21. The van der Waals surface area contributed by atoms with Gasteiger partial charge in [0.05, 0.1) is 5.69 Å². The average Bonchev–Trinajstić information content (AvgIpc) is 3.16. The Labute approximate surface area is 168 Å². The Hall–Kier alpha value is -2.99. The van der Waals surface area contributed by atoms with Crippen molar-refractivity contribution in [3.8, 4) is 10.6 Å². The lowest BCUT2D eigenvalue weighted by molar-refractivity contribution is -0.143. The summed E-state index contributed by atoms with van der Waals surface area (Å²) < 4.78 is 5.22. The minimum absolute atomic E-state index is 0.0840. The third-order valence-corrected chi connectivity index (χ3v) is 5.33. The smallest absolute Gasteiger partial charge is 0.325 e. The number of hydrogen-bond acceptors (Lipinski definition) is 5. The van der Waals surface area contributed by atoms with E-state index in [4.69, 9.17) is 4.74 Å². The van der Waals surface area contributed by atoms with E-state index in [1.165, 1.54) is 16.9 Å². The summed E-state index contributed by atoms with van der Waals surface area (Å²) in [4.78, 5) is 28.6. The minimum Gasteiger partial charge on any atom is -0.458 e. The first-order chi connectivity index (χ1) is 13.4. The molecule has 1 aromatic heterocycles. The van der Waals surface area contributed by atoms with Crippen molar-refractivity contribution in [1.29, 1.82) is 0 Å². The molecule has 0 unspecified atom stereocenters. The van der Waals surface area contributed by atoms with Gasteiger partial charge in [0.2, 0.25) is 0 Å². The van der Waals surface area contributed by atoms with Crippen molar-refractivity contribution in [3.05, 3.63) is 75.8 Å². The molecule has 0 saturated carbocycles. The standard InChI is InChI=1S/C22H22N2O3S/c1-14-4-7-17(8-5-14)22-24-19(13-28-22)12-27-20(25)11-23-21(26)18-9-6-15(2)16(3)10-18/h4-10,13H,11-12H2,1-3H3,(H,23,26). The molecule has 1 heterocycles. The van der Waals surface area contributed by atoms with Gasteiger partial charge in [-0.3, -0.25) is 9.59 Å². The Morgan fingerprint density at radius 3 is 2.50 bits per heavy atom. The third kappa shape index (κ3) is 5.04. The van der Waals surface area contributed by atoms with Gasteiger partial charge < -0.3 is 10.1 Å². The van der Waals surface area contributed by atoms with Crippen LogP contribution < -0.4 is 5.32 Å². The molecule has 0 fully saturated rings. The van der Waals surface area contributed by atoms with Crippen molar-refractivity contribution >= 4 is 23.2 Å². The van der Waals surface area contributed by atoms with Crippen LogP contribution in [0.25, 0.3) is 10.6 Å². The molecule has 144 valence electrons. The molecule has 2 aromatic carbocycles. The number of esters is 1. The molecule has 0 aliphatic heterocycles. The Morgan fingerprint density at radius 2 is 1.79 bits per heavy atom. The van der Waals surface area contributed by atoms with E-state index in [0.717, 1.165) is 21.7 Å². The number of amides is 1. The van der Waals surface area contributed by atoms with Gasteiger partial charge in [-0.2, -0.15) is 0 Å². The second-order valence-corrected chi connectivity index (χ2v) is 7.51. The van der Waals surface area contributed by atoms with Crippen molar-refractivity contribution < 1.29 is 14.3 Å². The highest BCUT2D eigenvalue weighted by molar-refractivity contribution is 7.13. The number of aryl methyl sites for hydroxylation is 3. The first-order valence-electron chi connectivity index (χ1n) is 8.95. The summed E-state index contributed by atoms with van der Waals surface area (Å²) in [6.07, 6.45) is 0. The van der Waals surface area contributed by atoms with Crippen molar-refractivity contribution in [2.45, 2.75) is 27.4 Å². The van der Waals surface area contributed by atoms with E-state index in [1.54, 1.807) is 12.1 Å². The number of nitrogens with one attached hydrogen (secondary N) is 1. The van der Waals surface area contributed by atoms with Gasteiger partial charge >= 0.3 is 5.97 Å². The number of ether oxygens (including phenoxy) is 1. The van der Waals surface area contributed by atoms with Crippen LogP contribution in [0.4, 0.5) is 0 Å². The maximum atomic E-state index is 12.1. The van der Waals surface area contributed by atoms with Gasteiger partial charge in [0, 0.05) is 16.5 Å². The van der Waals surface area contributed by atoms with Gasteiger partial charge in [0.25, 0.3) is 5.91 Å². The Balaban J connectivity index is 1.48. The second-order valence-electron chi connectivity index (χ2n) is 6.65. The monoisotopic (exact) mass is 394 g/mol. The normalized spacial score (nSPS) is 10.5. The zero-order chi connectivity index (χ0) is 20.1. The molecule has 3 aromatic rings. The summed E-state index contributed by atoms with van der Waals surface area (Å²) in [7, 11) is 0. The van der Waals surface area contributed by atoms with Gasteiger partial charge in [-0.05, 0) is 44.0 Å². The fraction of sp³-hybridized carbons (Fsp3) is 0.227. The summed E-state index contributed by atoms with van der Waals surface area (Å²) in [6.45, 7) is 5.87. The highest BCUT2D eigenvalue weighted by Gasteiger charge is 2.11. The molecule has 0 aliphatic carbocycles. The largest absolute Gasteiger partial charge is 0.458 e. The van der Waals surface area contributed by atoms with Crippen LogP contribution in [0.1, 0.15) is 32.7 Å². The van der Waals surface area contributed by atoms with Gasteiger partial charge in [0.15, 0.2) is 0 Å². The topological polar surface area (TPSA) is 68.3 Å². The zero-order valence-electron chi connectivity index (χ0n) is 16.1. The number of carbonyl (C=O) groups is 2. The van der Waals surface area contributed by atoms with Gasteiger partial charge in [-0.1, -0.05) is 35.9 Å². The SMILES string of the molecule is Cc1ccc(-c2nc(COC(=O)CNC(=O)c3ccc(C)c(C)c3)cs2)cc1. The molecule has 0 spiro atoms. The lowest BCUT2D eigenvalue weighted by Gasteiger charge is -2.07. The number of benzene rings is 2. The molecule has 1 N–H and O–H groups in total. The molecule has 28 heavy (non-hydrogen) atoms. The molecule has 0 radical (unpaired) electrons. The van der Waals surface area contributed by atoms with E-state index in [0.29, 0.717) is 11.3 Å². The van der Waals surface area contributed by atoms with Gasteiger partial charge in [-0.25, -0.2) is 4.98 Å². The zero-order valence-corrected chi connectivity index (χ0v) is 16.9. The maximum absolute atomic E-state index is 12.1. The molecule has 0 saturated heterocycles. The molecule has 1 amide bonds. The molecule has 0 bridgehead atoms. The average molecular weight is 394 g/mol. The number of thiazole rings is 1. The highest BCUT2D eigenvalue weighted by atomic mass is 32.1. The van der Waals surface area contributed by atoms with E-state index < -0.39 is 5.97 Å².